The Balaban J connectivity index is 1.81. The molecule has 0 spiro atoms. The van der Waals surface area contributed by atoms with Gasteiger partial charge in [0.2, 0.25) is 0 Å². The minimum Gasteiger partial charge on any atom is -0.378 e. The van der Waals surface area contributed by atoms with E-state index >= 15 is 0 Å². The topological polar surface area (TPSA) is 6.48 Å². The number of anilines is 2. The van der Waals surface area contributed by atoms with Crippen LogP contribution in [-0.2, 0) is 0 Å². The van der Waals surface area contributed by atoms with Crippen LogP contribution in [0.1, 0.15) is 19.3 Å². The van der Waals surface area contributed by atoms with E-state index in [2.05, 4.69) is 84.6 Å². The van der Waals surface area contributed by atoms with Gasteiger partial charge in [-0.15, -0.1) is 0 Å². The van der Waals surface area contributed by atoms with E-state index < -0.39 is 0 Å². The molecule has 2 nitrogen and oxygen atoms in total. The summed E-state index contributed by atoms with van der Waals surface area (Å²) in [5.41, 5.74) is 5.23. The van der Waals surface area contributed by atoms with Crippen molar-refractivity contribution in [2.24, 2.45) is 0 Å². The van der Waals surface area contributed by atoms with E-state index in [0.717, 1.165) is 0 Å². The molecule has 2 heteroatoms. The van der Waals surface area contributed by atoms with Crippen LogP contribution in [0.4, 0.5) is 11.4 Å². The number of rotatable bonds is 3. The van der Waals surface area contributed by atoms with Crippen molar-refractivity contribution >= 4 is 22.1 Å². The lowest BCUT2D eigenvalue weighted by atomic mass is 9.98. The van der Waals surface area contributed by atoms with Crippen molar-refractivity contribution in [1.82, 2.24) is 0 Å². The Hall–Kier alpha value is -2.48. The van der Waals surface area contributed by atoms with E-state index in [1.807, 2.05) is 0 Å². The van der Waals surface area contributed by atoms with Crippen LogP contribution in [-0.4, -0.2) is 27.2 Å². The van der Waals surface area contributed by atoms with E-state index in [1.54, 1.807) is 0 Å². The quantitative estimate of drug-likeness (QED) is 0.620. The van der Waals surface area contributed by atoms with Crippen molar-refractivity contribution in [1.29, 1.82) is 0 Å². The van der Waals surface area contributed by atoms with Crippen LogP contribution in [0.25, 0.3) is 21.9 Å². The first-order valence-electron chi connectivity index (χ1n) is 9.28. The number of piperidine rings is 1. The smallest absolute Gasteiger partial charge is 0.0452 e. The maximum atomic E-state index is 2.57. The van der Waals surface area contributed by atoms with Crippen molar-refractivity contribution in [3.8, 4) is 11.1 Å². The Morgan fingerprint density at radius 2 is 1.48 bits per heavy atom. The van der Waals surface area contributed by atoms with E-state index in [9.17, 15) is 0 Å². The second-order valence-corrected chi connectivity index (χ2v) is 7.21. The maximum Gasteiger partial charge on any atom is 0.0452 e. The van der Waals surface area contributed by atoms with Gasteiger partial charge in [0.05, 0.1) is 0 Å². The SMILES string of the molecule is CN(C)c1ccc(-c2cc(N3CCCCC3)c3ccccc3c2)cc1. The highest BCUT2D eigenvalue weighted by Gasteiger charge is 2.15. The summed E-state index contributed by atoms with van der Waals surface area (Å²) in [6.07, 6.45) is 3.96. The number of hydrogen-bond acceptors (Lipinski definition) is 2. The molecule has 0 bridgehead atoms. The minimum absolute atomic E-state index is 1.17. The summed E-state index contributed by atoms with van der Waals surface area (Å²) >= 11 is 0. The van der Waals surface area contributed by atoms with E-state index in [4.69, 9.17) is 0 Å². The average molecular weight is 330 g/mol. The molecule has 1 saturated heterocycles. The highest BCUT2D eigenvalue weighted by Crippen LogP contribution is 2.35. The zero-order chi connectivity index (χ0) is 17.2. The number of nitrogens with zero attached hydrogens (tertiary/aromatic N) is 2. The molecule has 0 saturated carbocycles. The van der Waals surface area contributed by atoms with Gasteiger partial charge in [-0.3, -0.25) is 0 Å². The number of fused-ring (bicyclic) bond motifs is 1. The molecule has 0 atom stereocenters. The van der Waals surface area contributed by atoms with Crippen LogP contribution in [0.15, 0.2) is 60.7 Å². The van der Waals surface area contributed by atoms with Crippen LogP contribution in [0.5, 0.6) is 0 Å². The fourth-order valence-corrected chi connectivity index (χ4v) is 3.81. The molecule has 3 aromatic carbocycles. The zero-order valence-electron chi connectivity index (χ0n) is 15.2. The fourth-order valence-electron chi connectivity index (χ4n) is 3.81. The largest absolute Gasteiger partial charge is 0.378 e. The molecule has 0 unspecified atom stereocenters. The lowest BCUT2D eigenvalue weighted by Crippen LogP contribution is -2.29. The van der Waals surface area contributed by atoms with Crippen LogP contribution in [0.2, 0.25) is 0 Å². The van der Waals surface area contributed by atoms with Crippen LogP contribution >= 0.6 is 0 Å². The van der Waals surface area contributed by atoms with Crippen LogP contribution in [0.3, 0.4) is 0 Å². The number of hydrogen-bond donors (Lipinski definition) is 0. The summed E-state index contributed by atoms with van der Waals surface area (Å²) in [4.78, 5) is 4.72. The lowest BCUT2D eigenvalue weighted by molar-refractivity contribution is 0.579. The molecular weight excluding hydrogens is 304 g/mol. The van der Waals surface area contributed by atoms with Crippen molar-refractivity contribution in [2.45, 2.75) is 19.3 Å². The third-order valence-corrected chi connectivity index (χ3v) is 5.25. The molecule has 1 fully saturated rings. The van der Waals surface area contributed by atoms with E-state index in [1.165, 1.54) is 65.6 Å². The first kappa shape index (κ1) is 16.0. The standard InChI is InChI=1S/C23H26N2/c1-24(2)21-12-10-18(11-13-21)20-16-19-8-4-5-9-22(19)23(17-20)25-14-6-3-7-15-25/h4-5,8-13,16-17H,3,6-7,14-15H2,1-2H3. The third-order valence-electron chi connectivity index (χ3n) is 5.25. The summed E-state index contributed by atoms with van der Waals surface area (Å²) in [6.45, 7) is 2.35. The minimum atomic E-state index is 1.17. The Morgan fingerprint density at radius 3 is 2.20 bits per heavy atom. The Bertz CT molecular complexity index is 859. The van der Waals surface area contributed by atoms with Gasteiger partial charge in [-0.2, -0.15) is 0 Å². The van der Waals surface area contributed by atoms with Gasteiger partial charge >= 0.3 is 0 Å². The molecule has 1 aliphatic rings. The van der Waals surface area contributed by atoms with Gasteiger partial charge in [0.15, 0.2) is 0 Å². The predicted octanol–water partition coefficient (Wildman–Crippen LogP) is 5.56. The van der Waals surface area contributed by atoms with Crippen molar-refractivity contribution in [2.75, 3.05) is 37.0 Å². The molecule has 0 N–H and O–H groups in total. The first-order chi connectivity index (χ1) is 12.2. The van der Waals surface area contributed by atoms with Gasteiger partial charge in [-0.25, -0.2) is 0 Å². The molecule has 0 radical (unpaired) electrons. The maximum absolute atomic E-state index is 2.57. The monoisotopic (exact) mass is 330 g/mol. The second kappa shape index (κ2) is 6.79. The second-order valence-electron chi connectivity index (χ2n) is 7.21. The Morgan fingerprint density at radius 1 is 0.760 bits per heavy atom. The third kappa shape index (κ3) is 3.21. The van der Waals surface area contributed by atoms with Gasteiger partial charge < -0.3 is 9.80 Å². The highest BCUT2D eigenvalue weighted by molar-refractivity contribution is 5.98. The molecular formula is C23H26N2. The first-order valence-corrected chi connectivity index (χ1v) is 9.28. The van der Waals surface area contributed by atoms with Gasteiger partial charge in [-0.1, -0.05) is 36.4 Å². The van der Waals surface area contributed by atoms with Crippen molar-refractivity contribution in [3.05, 3.63) is 60.7 Å². The van der Waals surface area contributed by atoms with Crippen LogP contribution in [0, 0.1) is 0 Å². The van der Waals surface area contributed by atoms with Crippen molar-refractivity contribution < 1.29 is 0 Å². The molecule has 0 aliphatic carbocycles. The molecule has 0 amide bonds. The summed E-state index contributed by atoms with van der Waals surface area (Å²) in [5.74, 6) is 0. The van der Waals surface area contributed by atoms with Crippen molar-refractivity contribution in [3.63, 3.8) is 0 Å². The summed E-state index contributed by atoms with van der Waals surface area (Å²) < 4.78 is 0. The van der Waals surface area contributed by atoms with Gasteiger partial charge in [0.1, 0.15) is 0 Å². The Labute approximate surface area is 150 Å². The number of benzene rings is 3. The van der Waals surface area contributed by atoms with Gasteiger partial charge in [-0.05, 0) is 60.0 Å². The molecule has 25 heavy (non-hydrogen) atoms. The Kier molecular flexibility index (Phi) is 4.35. The summed E-state index contributed by atoms with van der Waals surface area (Å²) in [5, 5.41) is 2.70. The molecule has 128 valence electrons. The van der Waals surface area contributed by atoms with E-state index in [-0.39, 0.29) is 0 Å². The van der Waals surface area contributed by atoms with Gasteiger partial charge in [0, 0.05) is 43.9 Å². The van der Waals surface area contributed by atoms with Crippen LogP contribution < -0.4 is 9.80 Å². The fraction of sp³-hybridized carbons (Fsp3) is 0.304. The predicted molar refractivity (Wildman–Crippen MR) is 110 cm³/mol. The molecule has 1 aliphatic heterocycles. The molecule has 1 heterocycles. The van der Waals surface area contributed by atoms with E-state index in [0.29, 0.717) is 0 Å². The van der Waals surface area contributed by atoms with Gasteiger partial charge in [0.25, 0.3) is 0 Å². The summed E-state index contributed by atoms with van der Waals surface area (Å²) in [6, 6.07) is 22.4. The summed E-state index contributed by atoms with van der Waals surface area (Å²) in [7, 11) is 4.17. The zero-order valence-corrected chi connectivity index (χ0v) is 15.2. The normalized spacial score (nSPS) is 14.7. The lowest BCUT2D eigenvalue weighted by Gasteiger charge is -2.30. The molecule has 3 aromatic rings. The molecule has 4 rings (SSSR count). The highest BCUT2D eigenvalue weighted by atomic mass is 15.1. The molecule has 0 aromatic heterocycles. The average Bonchev–Trinajstić information content (AvgIpc) is 2.68.